The van der Waals surface area contributed by atoms with Gasteiger partial charge in [-0.3, -0.25) is 0 Å². The van der Waals surface area contributed by atoms with E-state index >= 15 is 0 Å². The van der Waals surface area contributed by atoms with Crippen LogP contribution in [0.15, 0.2) is 12.2 Å². The zero-order valence-corrected chi connectivity index (χ0v) is 6.78. The Morgan fingerprint density at radius 3 is 2.44 bits per heavy atom. The molecule has 0 saturated heterocycles. The second-order valence-corrected chi connectivity index (χ2v) is 2.62. The second kappa shape index (κ2) is 5.87. The van der Waals surface area contributed by atoms with Gasteiger partial charge in [-0.25, -0.2) is 0 Å². The molecule has 0 aliphatic heterocycles. The number of rotatable bonds is 4. The maximum atomic E-state index is 2.25. The van der Waals surface area contributed by atoms with Crippen LogP contribution in [0.25, 0.3) is 0 Å². The van der Waals surface area contributed by atoms with E-state index in [0.29, 0.717) is 0 Å². The molecular weight excluding hydrogens is 108 g/mol. The van der Waals surface area contributed by atoms with Crippen LogP contribution < -0.4 is 0 Å². The Kier molecular flexibility index (Phi) is 5.70. The molecule has 0 heterocycles. The lowest BCUT2D eigenvalue weighted by molar-refractivity contribution is 0.813. The van der Waals surface area contributed by atoms with Crippen LogP contribution in [0.1, 0.15) is 40.0 Å². The molecule has 0 bridgehead atoms. The quantitative estimate of drug-likeness (QED) is 0.505. The summed E-state index contributed by atoms with van der Waals surface area (Å²) in [5.74, 6) is 1.39. The summed E-state index contributed by atoms with van der Waals surface area (Å²) < 4.78 is 0. The summed E-state index contributed by atoms with van der Waals surface area (Å²) in [5, 5.41) is 0. The topological polar surface area (TPSA) is 0 Å². The SMILES string of the molecule is CCCCC=C[C](C)C. The average molecular weight is 125 g/mol. The maximum Gasteiger partial charge on any atom is -0.00892 e. The number of allylic oxidation sites excluding steroid dienone is 2. The first kappa shape index (κ1) is 8.74. The first-order valence-corrected chi connectivity index (χ1v) is 3.74. The summed E-state index contributed by atoms with van der Waals surface area (Å²) in [5.41, 5.74) is 0. The predicted octanol–water partition coefficient (Wildman–Crippen LogP) is 3.35. The van der Waals surface area contributed by atoms with E-state index in [0.717, 1.165) is 0 Å². The number of hydrogen-bond acceptors (Lipinski definition) is 0. The van der Waals surface area contributed by atoms with Crippen molar-refractivity contribution in [2.24, 2.45) is 0 Å². The molecule has 0 nitrogen and oxygen atoms in total. The average Bonchev–Trinajstić information content (AvgIpc) is 1.80. The molecule has 0 spiro atoms. The Labute approximate surface area is 59.0 Å². The van der Waals surface area contributed by atoms with Crippen LogP contribution in [0.5, 0.6) is 0 Å². The van der Waals surface area contributed by atoms with Crippen LogP contribution in [-0.4, -0.2) is 0 Å². The molecule has 0 fully saturated rings. The first-order chi connectivity index (χ1) is 4.27. The normalized spacial score (nSPS) is 11.6. The minimum absolute atomic E-state index is 1.24. The van der Waals surface area contributed by atoms with E-state index in [2.05, 4.69) is 32.9 Å². The van der Waals surface area contributed by atoms with Gasteiger partial charge in [-0.15, -0.1) is 0 Å². The van der Waals surface area contributed by atoms with Gasteiger partial charge >= 0.3 is 0 Å². The van der Waals surface area contributed by atoms with Crippen molar-refractivity contribution in [3.8, 4) is 0 Å². The third kappa shape index (κ3) is 7.74. The van der Waals surface area contributed by atoms with Gasteiger partial charge in [0.2, 0.25) is 0 Å². The summed E-state index contributed by atoms with van der Waals surface area (Å²) in [6.45, 7) is 6.47. The molecule has 53 valence electrons. The molecule has 0 atom stereocenters. The Balaban J connectivity index is 3.04. The zero-order valence-electron chi connectivity index (χ0n) is 6.78. The van der Waals surface area contributed by atoms with Crippen molar-refractivity contribution in [1.82, 2.24) is 0 Å². The van der Waals surface area contributed by atoms with Crippen LogP contribution in [0.3, 0.4) is 0 Å². The summed E-state index contributed by atoms with van der Waals surface area (Å²) in [7, 11) is 0. The van der Waals surface area contributed by atoms with Gasteiger partial charge in [-0.2, -0.15) is 0 Å². The minimum Gasteiger partial charge on any atom is -0.0880 e. The maximum absolute atomic E-state index is 2.25. The highest BCUT2D eigenvalue weighted by Crippen LogP contribution is 2.00. The molecule has 0 aliphatic carbocycles. The van der Waals surface area contributed by atoms with Crippen LogP contribution in [0.2, 0.25) is 0 Å². The monoisotopic (exact) mass is 125 g/mol. The Bertz CT molecular complexity index is 70.1. The lowest BCUT2D eigenvalue weighted by atomic mass is 10.1. The van der Waals surface area contributed by atoms with Gasteiger partial charge in [0.15, 0.2) is 0 Å². The van der Waals surface area contributed by atoms with E-state index in [1.54, 1.807) is 0 Å². The molecule has 0 unspecified atom stereocenters. The first-order valence-electron chi connectivity index (χ1n) is 3.74. The fourth-order valence-electron chi connectivity index (χ4n) is 0.641. The molecule has 0 amide bonds. The largest absolute Gasteiger partial charge is 0.0880 e. The second-order valence-electron chi connectivity index (χ2n) is 2.62. The van der Waals surface area contributed by atoms with E-state index in [9.17, 15) is 0 Å². The smallest absolute Gasteiger partial charge is 0.00892 e. The molecule has 0 aromatic rings. The van der Waals surface area contributed by atoms with Crippen molar-refractivity contribution in [2.75, 3.05) is 0 Å². The molecule has 0 aliphatic rings. The molecule has 9 heavy (non-hydrogen) atoms. The van der Waals surface area contributed by atoms with Gasteiger partial charge in [0, 0.05) is 0 Å². The van der Waals surface area contributed by atoms with Crippen LogP contribution in [-0.2, 0) is 0 Å². The third-order valence-corrected chi connectivity index (χ3v) is 1.18. The fraction of sp³-hybridized carbons (Fsp3) is 0.667. The van der Waals surface area contributed by atoms with Gasteiger partial charge in [-0.1, -0.05) is 45.8 Å². The Morgan fingerprint density at radius 2 is 2.00 bits per heavy atom. The van der Waals surface area contributed by atoms with Crippen LogP contribution in [0, 0.1) is 5.92 Å². The van der Waals surface area contributed by atoms with Crippen LogP contribution >= 0.6 is 0 Å². The summed E-state index contributed by atoms with van der Waals surface area (Å²) >= 11 is 0. The molecular formula is C9H17. The van der Waals surface area contributed by atoms with Crippen molar-refractivity contribution in [1.29, 1.82) is 0 Å². The molecule has 0 N–H and O–H groups in total. The molecule has 0 heteroatoms. The predicted molar refractivity (Wildman–Crippen MR) is 43.3 cm³/mol. The lowest BCUT2D eigenvalue weighted by Gasteiger charge is -1.91. The van der Waals surface area contributed by atoms with E-state index in [-0.39, 0.29) is 0 Å². The number of hydrogen-bond donors (Lipinski definition) is 0. The standard InChI is InChI=1S/C9H17/c1-4-5-6-7-8-9(2)3/h7-8H,4-6H2,1-3H3. The fourth-order valence-corrected chi connectivity index (χ4v) is 0.641. The van der Waals surface area contributed by atoms with Gasteiger partial charge in [-0.05, 0) is 12.3 Å². The minimum atomic E-state index is 1.24. The van der Waals surface area contributed by atoms with Crippen molar-refractivity contribution in [2.45, 2.75) is 40.0 Å². The van der Waals surface area contributed by atoms with Crippen molar-refractivity contribution >= 4 is 0 Å². The van der Waals surface area contributed by atoms with Crippen molar-refractivity contribution in [3.05, 3.63) is 18.1 Å². The molecule has 1 radical (unpaired) electrons. The highest BCUT2D eigenvalue weighted by molar-refractivity contribution is 5.02. The number of unbranched alkanes of at least 4 members (excludes halogenated alkanes) is 2. The Morgan fingerprint density at radius 1 is 1.33 bits per heavy atom. The van der Waals surface area contributed by atoms with E-state index in [4.69, 9.17) is 0 Å². The van der Waals surface area contributed by atoms with Gasteiger partial charge in [0.05, 0.1) is 0 Å². The van der Waals surface area contributed by atoms with Crippen LogP contribution in [0.4, 0.5) is 0 Å². The molecule has 0 saturated carbocycles. The lowest BCUT2D eigenvalue weighted by Crippen LogP contribution is -1.73. The molecule has 0 aromatic carbocycles. The van der Waals surface area contributed by atoms with E-state index in [1.165, 1.54) is 25.2 Å². The van der Waals surface area contributed by atoms with E-state index in [1.807, 2.05) is 0 Å². The van der Waals surface area contributed by atoms with Gasteiger partial charge < -0.3 is 0 Å². The third-order valence-electron chi connectivity index (χ3n) is 1.18. The van der Waals surface area contributed by atoms with Crippen molar-refractivity contribution in [3.63, 3.8) is 0 Å². The highest BCUT2D eigenvalue weighted by Gasteiger charge is 1.82. The summed E-state index contributed by atoms with van der Waals surface area (Å²) in [6.07, 6.45) is 8.30. The summed E-state index contributed by atoms with van der Waals surface area (Å²) in [4.78, 5) is 0. The Hall–Kier alpha value is -0.260. The van der Waals surface area contributed by atoms with Crippen molar-refractivity contribution < 1.29 is 0 Å². The molecule has 0 rings (SSSR count). The zero-order chi connectivity index (χ0) is 7.11. The van der Waals surface area contributed by atoms with Gasteiger partial charge in [0.25, 0.3) is 0 Å². The van der Waals surface area contributed by atoms with Gasteiger partial charge in [0.1, 0.15) is 0 Å². The van der Waals surface area contributed by atoms with E-state index < -0.39 is 0 Å². The highest BCUT2D eigenvalue weighted by atomic mass is 13.9. The summed E-state index contributed by atoms with van der Waals surface area (Å²) in [6, 6.07) is 0. The molecule has 0 aromatic heterocycles.